The van der Waals surface area contributed by atoms with Crippen LogP contribution in [0.5, 0.6) is 5.75 Å². The lowest BCUT2D eigenvalue weighted by Crippen LogP contribution is -2.41. The topological polar surface area (TPSA) is 89.7 Å². The summed E-state index contributed by atoms with van der Waals surface area (Å²) in [6.07, 6.45) is 2.22. The van der Waals surface area contributed by atoms with Crippen molar-refractivity contribution < 1.29 is 22.3 Å². The van der Waals surface area contributed by atoms with Crippen molar-refractivity contribution in [2.45, 2.75) is 25.7 Å². The van der Waals surface area contributed by atoms with E-state index in [2.05, 4.69) is 0 Å². The number of piperidine rings is 1. The van der Waals surface area contributed by atoms with Crippen LogP contribution < -0.4 is 9.88 Å². The van der Waals surface area contributed by atoms with Gasteiger partial charge in [-0.05, 0) is 31.4 Å². The zero-order valence-electron chi connectivity index (χ0n) is 13.5. The lowest BCUT2D eigenvalue weighted by molar-refractivity contribution is -0.133. The average Bonchev–Trinajstić information content (AvgIpc) is 2.52. The third kappa shape index (κ3) is 6.45. The zero-order chi connectivity index (χ0) is 17.6. The van der Waals surface area contributed by atoms with E-state index < -0.39 is 10.0 Å². The van der Waals surface area contributed by atoms with Crippen LogP contribution in [-0.4, -0.2) is 44.7 Å². The molecule has 8 heteroatoms. The maximum atomic E-state index is 13.1. The minimum Gasteiger partial charge on any atom is -0.493 e. The monoisotopic (exact) mass is 358 g/mol. The fourth-order valence-electron chi connectivity index (χ4n) is 2.78. The van der Waals surface area contributed by atoms with Crippen LogP contribution >= 0.6 is 0 Å². The number of halogens is 1. The van der Waals surface area contributed by atoms with Crippen LogP contribution in [0.15, 0.2) is 24.3 Å². The Morgan fingerprint density at radius 1 is 1.42 bits per heavy atom. The number of ether oxygens (including phenoxy) is 1. The van der Waals surface area contributed by atoms with Crippen molar-refractivity contribution in [3.05, 3.63) is 30.1 Å². The summed E-state index contributed by atoms with van der Waals surface area (Å²) in [5.41, 5.74) is 0. The van der Waals surface area contributed by atoms with E-state index in [0.29, 0.717) is 25.4 Å². The van der Waals surface area contributed by atoms with E-state index in [1.165, 1.54) is 12.1 Å². The highest BCUT2D eigenvalue weighted by Crippen LogP contribution is 2.20. The van der Waals surface area contributed by atoms with Crippen LogP contribution in [0.4, 0.5) is 4.39 Å². The van der Waals surface area contributed by atoms with Gasteiger partial charge in [-0.3, -0.25) is 4.79 Å². The molecule has 24 heavy (non-hydrogen) atoms. The van der Waals surface area contributed by atoms with Gasteiger partial charge in [0.1, 0.15) is 11.6 Å². The summed E-state index contributed by atoms with van der Waals surface area (Å²) in [5.74, 6) is 0.0753. The van der Waals surface area contributed by atoms with E-state index in [9.17, 15) is 17.6 Å². The number of likely N-dealkylation sites (tertiary alicyclic amines) is 1. The Bertz CT molecular complexity index is 666. The molecule has 1 saturated heterocycles. The quantitative estimate of drug-likeness (QED) is 0.800. The van der Waals surface area contributed by atoms with Crippen molar-refractivity contribution in [1.82, 2.24) is 4.90 Å². The standard InChI is InChI=1S/C16H23FN2O4S/c17-14-5-1-6-15(10-14)23-12-13-4-2-8-19(11-13)16(20)7-3-9-24(18,21)22/h1,5-6,10,13H,2-4,7-9,11-12H2,(H2,18,21,22). The molecule has 1 unspecified atom stereocenters. The van der Waals surface area contributed by atoms with Crippen LogP contribution in [0.1, 0.15) is 25.7 Å². The highest BCUT2D eigenvalue weighted by atomic mass is 32.2. The highest BCUT2D eigenvalue weighted by molar-refractivity contribution is 7.89. The Morgan fingerprint density at radius 2 is 2.21 bits per heavy atom. The first kappa shape index (κ1) is 18.7. The third-order valence-corrected chi connectivity index (χ3v) is 4.83. The van der Waals surface area contributed by atoms with Gasteiger partial charge in [0.05, 0.1) is 12.4 Å². The number of amides is 1. The Hall–Kier alpha value is -1.67. The molecule has 0 bridgehead atoms. The van der Waals surface area contributed by atoms with Gasteiger partial charge < -0.3 is 9.64 Å². The number of rotatable bonds is 7. The lowest BCUT2D eigenvalue weighted by atomic mass is 9.98. The molecule has 134 valence electrons. The lowest BCUT2D eigenvalue weighted by Gasteiger charge is -2.32. The van der Waals surface area contributed by atoms with Crippen molar-refractivity contribution >= 4 is 15.9 Å². The molecule has 1 fully saturated rings. The molecule has 2 N–H and O–H groups in total. The van der Waals surface area contributed by atoms with Gasteiger partial charge in [-0.25, -0.2) is 17.9 Å². The number of sulfonamides is 1. The summed E-state index contributed by atoms with van der Waals surface area (Å²) in [7, 11) is -3.53. The normalized spacial score (nSPS) is 18.4. The second-order valence-corrected chi connectivity index (χ2v) is 7.82. The average molecular weight is 358 g/mol. The Kier molecular flexibility index (Phi) is 6.56. The molecule has 2 rings (SSSR count). The Morgan fingerprint density at radius 3 is 2.92 bits per heavy atom. The van der Waals surface area contributed by atoms with Gasteiger partial charge >= 0.3 is 0 Å². The van der Waals surface area contributed by atoms with E-state index in [4.69, 9.17) is 9.88 Å². The molecular formula is C16H23FN2O4S. The summed E-state index contributed by atoms with van der Waals surface area (Å²) in [6.45, 7) is 1.67. The maximum Gasteiger partial charge on any atom is 0.222 e. The van der Waals surface area contributed by atoms with Gasteiger partial charge in [0, 0.05) is 31.5 Å². The zero-order valence-corrected chi connectivity index (χ0v) is 14.3. The molecule has 0 spiro atoms. The third-order valence-electron chi connectivity index (χ3n) is 3.97. The number of primary sulfonamides is 1. The van der Waals surface area contributed by atoms with E-state index in [1.54, 1.807) is 17.0 Å². The predicted octanol–water partition coefficient (Wildman–Crippen LogP) is 1.51. The Balaban J connectivity index is 1.77. The van der Waals surface area contributed by atoms with Gasteiger partial charge in [0.15, 0.2) is 0 Å². The molecule has 0 aromatic heterocycles. The minimum absolute atomic E-state index is 0.0610. The van der Waals surface area contributed by atoms with Crippen LogP contribution in [0, 0.1) is 11.7 Å². The van der Waals surface area contributed by atoms with Crippen LogP contribution in [0.3, 0.4) is 0 Å². The predicted molar refractivity (Wildman–Crippen MR) is 88.4 cm³/mol. The molecule has 1 aromatic rings. The number of benzene rings is 1. The second-order valence-electron chi connectivity index (χ2n) is 6.09. The molecule has 0 saturated carbocycles. The molecule has 1 aliphatic rings. The summed E-state index contributed by atoms with van der Waals surface area (Å²) < 4.78 is 40.5. The van der Waals surface area contributed by atoms with Gasteiger partial charge in [0.25, 0.3) is 0 Å². The number of nitrogens with zero attached hydrogens (tertiary/aromatic N) is 1. The van der Waals surface area contributed by atoms with Crippen molar-refractivity contribution in [1.29, 1.82) is 0 Å². The van der Waals surface area contributed by atoms with E-state index in [0.717, 1.165) is 12.8 Å². The van der Waals surface area contributed by atoms with Gasteiger partial charge in [-0.15, -0.1) is 0 Å². The fourth-order valence-corrected chi connectivity index (χ4v) is 3.33. The molecule has 0 radical (unpaired) electrons. The number of carbonyl (C=O) groups is 1. The SMILES string of the molecule is NS(=O)(=O)CCCC(=O)N1CCCC(COc2cccc(F)c2)C1. The molecule has 1 aliphatic heterocycles. The Labute approximate surface area is 141 Å². The minimum atomic E-state index is -3.53. The largest absolute Gasteiger partial charge is 0.493 e. The summed E-state index contributed by atoms with van der Waals surface area (Å²) >= 11 is 0. The highest BCUT2D eigenvalue weighted by Gasteiger charge is 2.24. The van der Waals surface area contributed by atoms with Crippen LogP contribution in [-0.2, 0) is 14.8 Å². The van der Waals surface area contributed by atoms with Crippen LogP contribution in [0.2, 0.25) is 0 Å². The van der Waals surface area contributed by atoms with Crippen LogP contribution in [0.25, 0.3) is 0 Å². The molecule has 1 atom stereocenters. The smallest absolute Gasteiger partial charge is 0.222 e. The molecule has 1 heterocycles. The molecule has 1 aromatic carbocycles. The van der Waals surface area contributed by atoms with Crippen molar-refractivity contribution in [3.63, 3.8) is 0 Å². The summed E-state index contributed by atoms with van der Waals surface area (Å²) in [6, 6.07) is 5.98. The molecular weight excluding hydrogens is 335 g/mol. The van der Waals surface area contributed by atoms with E-state index in [-0.39, 0.29) is 36.2 Å². The van der Waals surface area contributed by atoms with Gasteiger partial charge in [-0.2, -0.15) is 0 Å². The van der Waals surface area contributed by atoms with Crippen molar-refractivity contribution in [2.24, 2.45) is 11.1 Å². The fraction of sp³-hybridized carbons (Fsp3) is 0.562. The van der Waals surface area contributed by atoms with Crippen molar-refractivity contribution in [3.8, 4) is 5.75 Å². The van der Waals surface area contributed by atoms with E-state index in [1.807, 2.05) is 0 Å². The molecule has 6 nitrogen and oxygen atoms in total. The van der Waals surface area contributed by atoms with E-state index >= 15 is 0 Å². The first-order valence-electron chi connectivity index (χ1n) is 8.00. The maximum absolute atomic E-state index is 13.1. The summed E-state index contributed by atoms with van der Waals surface area (Å²) in [5, 5.41) is 4.93. The first-order valence-corrected chi connectivity index (χ1v) is 9.71. The number of nitrogens with two attached hydrogens (primary N) is 1. The van der Waals surface area contributed by atoms with Gasteiger partial charge in [-0.1, -0.05) is 6.07 Å². The molecule has 0 aliphatic carbocycles. The number of hydrogen-bond donors (Lipinski definition) is 1. The number of hydrogen-bond acceptors (Lipinski definition) is 4. The second kappa shape index (κ2) is 8.43. The van der Waals surface area contributed by atoms with Gasteiger partial charge in [0.2, 0.25) is 15.9 Å². The number of carbonyl (C=O) groups excluding carboxylic acids is 1. The van der Waals surface area contributed by atoms with Crippen molar-refractivity contribution in [2.75, 3.05) is 25.4 Å². The molecule has 1 amide bonds. The first-order chi connectivity index (χ1) is 11.3. The summed E-state index contributed by atoms with van der Waals surface area (Å²) in [4.78, 5) is 13.9.